The number of rotatable bonds is 4. The summed E-state index contributed by atoms with van der Waals surface area (Å²) in [6, 6.07) is 4.17. The Morgan fingerprint density at radius 1 is 1.10 bits per heavy atom. The highest BCUT2D eigenvalue weighted by Gasteiger charge is 2.31. The Labute approximate surface area is 121 Å². The van der Waals surface area contributed by atoms with Gasteiger partial charge in [-0.2, -0.15) is 21.6 Å². The Kier molecular flexibility index (Phi) is 4.06. The van der Waals surface area contributed by atoms with Crippen molar-refractivity contribution in [3.05, 3.63) is 46.2 Å². The van der Waals surface area contributed by atoms with Crippen LogP contribution in [0, 0.1) is 0 Å². The molecule has 9 heteroatoms. The van der Waals surface area contributed by atoms with Gasteiger partial charge in [-0.1, -0.05) is 0 Å². The van der Waals surface area contributed by atoms with E-state index in [1.54, 1.807) is 0 Å². The Morgan fingerprint density at radius 3 is 2.24 bits per heavy atom. The van der Waals surface area contributed by atoms with Crippen LogP contribution >= 0.6 is 11.3 Å². The molecule has 0 amide bonds. The second-order valence-corrected chi connectivity index (χ2v) is 6.32. The van der Waals surface area contributed by atoms with Crippen molar-refractivity contribution in [1.29, 1.82) is 0 Å². The van der Waals surface area contributed by atoms with Crippen LogP contribution in [0.1, 0.15) is 15.2 Å². The van der Waals surface area contributed by atoms with Gasteiger partial charge in [-0.25, -0.2) is 0 Å². The Morgan fingerprint density at radius 2 is 1.71 bits per heavy atom. The maximum absolute atomic E-state index is 12.4. The number of carbonyl (C=O) groups excluding carboxylic acids is 1. The summed E-state index contributed by atoms with van der Waals surface area (Å²) in [7, 11) is -4.30. The third-order valence-electron chi connectivity index (χ3n) is 2.43. The van der Waals surface area contributed by atoms with Crippen LogP contribution in [-0.2, 0) is 16.3 Å². The predicted octanol–water partition coefficient (Wildman–Crippen LogP) is 3.35. The van der Waals surface area contributed by atoms with Crippen molar-refractivity contribution in [1.82, 2.24) is 0 Å². The molecule has 0 unspecified atom stereocenters. The third kappa shape index (κ3) is 3.42. The van der Waals surface area contributed by atoms with Crippen molar-refractivity contribution in [3.63, 3.8) is 0 Å². The van der Waals surface area contributed by atoms with Gasteiger partial charge in [0.05, 0.1) is 5.56 Å². The summed E-state index contributed by atoms with van der Waals surface area (Å²) in [5, 5.41) is 1.46. The summed E-state index contributed by atoms with van der Waals surface area (Å²) in [5.41, 5.74) is -0.967. The molecule has 0 aliphatic rings. The lowest BCUT2D eigenvalue weighted by atomic mass is 10.2. The number of carbonyl (C=O) groups is 1. The van der Waals surface area contributed by atoms with E-state index in [1.165, 1.54) is 11.4 Å². The molecule has 0 saturated heterocycles. The number of hydrogen-bond acceptors (Lipinski definition) is 5. The highest BCUT2D eigenvalue weighted by Crippen LogP contribution is 2.31. The summed E-state index contributed by atoms with van der Waals surface area (Å²) in [6.07, 6.45) is -4.12. The van der Waals surface area contributed by atoms with E-state index in [0.717, 1.165) is 23.5 Å². The minimum Gasteiger partial charge on any atom is -0.377 e. The molecule has 0 spiro atoms. The normalized spacial score (nSPS) is 12.1. The van der Waals surface area contributed by atoms with Crippen molar-refractivity contribution >= 4 is 27.7 Å². The highest BCUT2D eigenvalue weighted by molar-refractivity contribution is 7.87. The summed E-state index contributed by atoms with van der Waals surface area (Å²) in [5.74, 6) is -0.158. The van der Waals surface area contributed by atoms with Crippen molar-refractivity contribution in [2.24, 2.45) is 0 Å². The van der Waals surface area contributed by atoms with Crippen LogP contribution in [-0.4, -0.2) is 14.7 Å². The molecule has 1 heterocycles. The Bertz CT molecular complexity index is 746. The molecular formula is C12H7F3O4S2. The zero-order valence-corrected chi connectivity index (χ0v) is 11.8. The number of hydrogen-bond donors (Lipinski definition) is 0. The molecule has 112 valence electrons. The molecule has 0 aliphatic carbocycles. The molecule has 0 bridgehead atoms. The van der Waals surface area contributed by atoms with Gasteiger partial charge in [-0.15, -0.1) is 11.3 Å². The maximum Gasteiger partial charge on any atom is 0.416 e. The Balaban J connectivity index is 2.30. The zero-order valence-electron chi connectivity index (χ0n) is 10.1. The van der Waals surface area contributed by atoms with Gasteiger partial charge in [0.1, 0.15) is 9.77 Å². The number of benzene rings is 1. The van der Waals surface area contributed by atoms with Crippen LogP contribution in [0.2, 0.25) is 0 Å². The molecule has 0 aliphatic heterocycles. The molecule has 2 aromatic rings. The van der Waals surface area contributed by atoms with E-state index in [4.69, 9.17) is 4.18 Å². The Hall–Kier alpha value is -1.87. The predicted molar refractivity (Wildman–Crippen MR) is 69.0 cm³/mol. The van der Waals surface area contributed by atoms with Crippen LogP contribution < -0.4 is 4.18 Å². The quantitative estimate of drug-likeness (QED) is 0.635. The van der Waals surface area contributed by atoms with Crippen molar-refractivity contribution in [3.8, 4) is 5.75 Å². The molecule has 0 N–H and O–H groups in total. The first-order chi connectivity index (χ1) is 9.74. The second-order valence-electron chi connectivity index (χ2n) is 3.83. The van der Waals surface area contributed by atoms with Gasteiger partial charge >= 0.3 is 16.3 Å². The SMILES string of the molecule is O=Cc1sccc1OS(=O)(=O)c1ccc(C(F)(F)F)cc1. The molecule has 1 aromatic carbocycles. The van der Waals surface area contributed by atoms with Crippen molar-refractivity contribution in [2.45, 2.75) is 11.1 Å². The highest BCUT2D eigenvalue weighted by atomic mass is 32.2. The molecule has 21 heavy (non-hydrogen) atoms. The smallest absolute Gasteiger partial charge is 0.377 e. The number of thiophene rings is 1. The second kappa shape index (κ2) is 5.49. The molecule has 0 fully saturated rings. The lowest BCUT2D eigenvalue weighted by Gasteiger charge is -2.09. The first kappa shape index (κ1) is 15.5. The number of alkyl halides is 3. The van der Waals surface area contributed by atoms with E-state index in [-0.39, 0.29) is 10.6 Å². The van der Waals surface area contributed by atoms with E-state index in [1.807, 2.05) is 0 Å². The van der Waals surface area contributed by atoms with Crippen LogP contribution in [0.4, 0.5) is 13.2 Å². The fourth-order valence-corrected chi connectivity index (χ4v) is 3.06. The molecular weight excluding hydrogens is 329 g/mol. The van der Waals surface area contributed by atoms with Crippen molar-refractivity contribution < 1.29 is 30.6 Å². The van der Waals surface area contributed by atoms with Crippen molar-refractivity contribution in [2.75, 3.05) is 0 Å². The lowest BCUT2D eigenvalue weighted by Crippen LogP contribution is -2.11. The first-order valence-corrected chi connectivity index (χ1v) is 7.67. The standard InChI is InChI=1S/C12H7F3O4S2/c13-12(14,15)8-1-3-9(4-2-8)21(17,18)19-10-5-6-20-11(10)7-16/h1-7H. The number of aldehydes is 1. The van der Waals surface area contributed by atoms with Gasteiger partial charge < -0.3 is 4.18 Å². The fourth-order valence-electron chi connectivity index (χ4n) is 1.44. The monoisotopic (exact) mass is 336 g/mol. The van der Waals surface area contributed by atoms with E-state index < -0.39 is 26.8 Å². The summed E-state index contributed by atoms with van der Waals surface area (Å²) in [4.78, 5) is 10.3. The maximum atomic E-state index is 12.4. The van der Waals surface area contributed by atoms with Gasteiger partial charge in [-0.05, 0) is 35.7 Å². The summed E-state index contributed by atoms with van der Waals surface area (Å²) < 4.78 is 65.8. The minimum atomic E-state index is -4.55. The largest absolute Gasteiger partial charge is 0.416 e. The van der Waals surface area contributed by atoms with Gasteiger partial charge in [-0.3, -0.25) is 4.79 Å². The zero-order chi connectivity index (χ0) is 15.7. The number of halogens is 3. The van der Waals surface area contributed by atoms with E-state index >= 15 is 0 Å². The van der Waals surface area contributed by atoms with Gasteiger partial charge in [0.15, 0.2) is 12.0 Å². The topological polar surface area (TPSA) is 60.4 Å². The summed E-state index contributed by atoms with van der Waals surface area (Å²) >= 11 is 0.985. The fraction of sp³-hybridized carbons (Fsp3) is 0.0833. The average molecular weight is 336 g/mol. The van der Waals surface area contributed by atoms with E-state index in [0.29, 0.717) is 18.4 Å². The van der Waals surface area contributed by atoms with Gasteiger partial charge in [0, 0.05) is 0 Å². The molecule has 0 radical (unpaired) electrons. The first-order valence-electron chi connectivity index (χ1n) is 5.38. The van der Waals surface area contributed by atoms with E-state index in [9.17, 15) is 26.4 Å². The molecule has 4 nitrogen and oxygen atoms in total. The van der Waals surface area contributed by atoms with Crippen LogP contribution in [0.25, 0.3) is 0 Å². The van der Waals surface area contributed by atoms with Crippen LogP contribution in [0.15, 0.2) is 40.6 Å². The van der Waals surface area contributed by atoms with Crippen LogP contribution in [0.3, 0.4) is 0 Å². The lowest BCUT2D eigenvalue weighted by molar-refractivity contribution is -0.137. The molecule has 2 rings (SSSR count). The molecule has 0 saturated carbocycles. The molecule has 0 atom stereocenters. The average Bonchev–Trinajstić information content (AvgIpc) is 2.84. The van der Waals surface area contributed by atoms with Gasteiger partial charge in [0.2, 0.25) is 0 Å². The molecule has 1 aromatic heterocycles. The third-order valence-corrected chi connectivity index (χ3v) is 4.51. The van der Waals surface area contributed by atoms with Crippen LogP contribution in [0.5, 0.6) is 5.75 Å². The van der Waals surface area contributed by atoms with E-state index in [2.05, 4.69) is 0 Å². The minimum absolute atomic E-state index is 0.0745. The summed E-state index contributed by atoms with van der Waals surface area (Å²) in [6.45, 7) is 0. The van der Waals surface area contributed by atoms with Gasteiger partial charge in [0.25, 0.3) is 0 Å².